The van der Waals surface area contributed by atoms with Gasteiger partial charge in [-0.3, -0.25) is 4.90 Å². The molecule has 2 atom stereocenters. The highest BCUT2D eigenvalue weighted by Gasteiger charge is 2.35. The average Bonchev–Trinajstić information content (AvgIpc) is 3.27. The van der Waals surface area contributed by atoms with Gasteiger partial charge in [-0.15, -0.1) is 11.3 Å². The van der Waals surface area contributed by atoms with Crippen molar-refractivity contribution in [2.75, 3.05) is 40.9 Å². The maximum atomic E-state index is 8.83. The van der Waals surface area contributed by atoms with E-state index in [1.165, 1.54) is 10.4 Å². The average molecular weight is 371 g/mol. The van der Waals surface area contributed by atoms with Crippen molar-refractivity contribution in [3.05, 3.63) is 51.7 Å². The predicted molar refractivity (Wildman–Crippen MR) is 107 cm³/mol. The van der Waals surface area contributed by atoms with Crippen LogP contribution in [0.4, 0.5) is 0 Å². The van der Waals surface area contributed by atoms with Gasteiger partial charge in [-0.2, -0.15) is 0 Å². The molecule has 1 saturated heterocycles. The number of benzene rings is 1. The molecule has 26 heavy (non-hydrogen) atoms. The first-order valence-corrected chi connectivity index (χ1v) is 9.63. The van der Waals surface area contributed by atoms with Crippen LogP contribution in [0.3, 0.4) is 0 Å². The highest BCUT2D eigenvalue weighted by Crippen LogP contribution is 2.32. The van der Waals surface area contributed by atoms with Crippen LogP contribution in [0.5, 0.6) is 5.75 Å². The molecule has 5 heteroatoms. The molecule has 1 aliphatic heterocycles. The first-order valence-electron chi connectivity index (χ1n) is 8.82. The number of hydrogen-bond acceptors (Lipinski definition) is 5. The topological polar surface area (TPSA) is 35.9 Å². The summed E-state index contributed by atoms with van der Waals surface area (Å²) in [5.41, 5.74) is 1.37. The van der Waals surface area contributed by atoms with Gasteiger partial charge in [0.2, 0.25) is 0 Å². The molecule has 0 radical (unpaired) electrons. The van der Waals surface area contributed by atoms with Crippen molar-refractivity contribution in [3.8, 4) is 17.6 Å². The van der Waals surface area contributed by atoms with Gasteiger partial charge in [-0.1, -0.05) is 24.0 Å². The standard InChI is InChI=1S/C21H26N2O2S/c1-22(2)21-15-23(13-19-11-10-18(26-19)5-4-12-24)14-20(21)16-6-8-17(25-3)9-7-16/h6-11,20-21,24H,12-15H2,1-3H3/t20-,21+/m0/s1. The first-order chi connectivity index (χ1) is 12.6. The van der Waals surface area contributed by atoms with Crippen LogP contribution < -0.4 is 4.74 Å². The summed E-state index contributed by atoms with van der Waals surface area (Å²) in [7, 11) is 6.03. The summed E-state index contributed by atoms with van der Waals surface area (Å²) in [4.78, 5) is 7.19. The summed E-state index contributed by atoms with van der Waals surface area (Å²) in [5.74, 6) is 7.10. The van der Waals surface area contributed by atoms with Gasteiger partial charge in [0, 0.05) is 36.5 Å². The van der Waals surface area contributed by atoms with Crippen LogP contribution in [0.25, 0.3) is 0 Å². The van der Waals surface area contributed by atoms with Gasteiger partial charge in [0.25, 0.3) is 0 Å². The number of rotatable bonds is 5. The van der Waals surface area contributed by atoms with E-state index in [2.05, 4.69) is 66.1 Å². The molecule has 0 unspecified atom stereocenters. The normalized spacial score (nSPS) is 20.2. The zero-order valence-electron chi connectivity index (χ0n) is 15.6. The maximum absolute atomic E-state index is 8.83. The number of likely N-dealkylation sites (tertiary alicyclic amines) is 1. The van der Waals surface area contributed by atoms with E-state index >= 15 is 0 Å². The Bertz CT molecular complexity index is 773. The zero-order chi connectivity index (χ0) is 18.5. The lowest BCUT2D eigenvalue weighted by Gasteiger charge is -2.25. The Morgan fingerprint density at radius 1 is 1.19 bits per heavy atom. The minimum Gasteiger partial charge on any atom is -0.497 e. The summed E-state index contributed by atoms with van der Waals surface area (Å²) >= 11 is 1.71. The Hall–Kier alpha value is -1.84. The molecule has 138 valence electrons. The largest absolute Gasteiger partial charge is 0.497 e. The fourth-order valence-corrected chi connectivity index (χ4v) is 4.50. The summed E-state index contributed by atoms with van der Waals surface area (Å²) in [6, 6.07) is 13.2. The predicted octanol–water partition coefficient (Wildman–Crippen LogP) is 2.63. The molecule has 0 saturated carbocycles. The molecule has 1 N–H and O–H groups in total. The number of ether oxygens (including phenoxy) is 1. The van der Waals surface area contributed by atoms with Crippen LogP contribution in [0.15, 0.2) is 36.4 Å². The molecule has 0 bridgehead atoms. The van der Waals surface area contributed by atoms with Crippen LogP contribution in [0, 0.1) is 11.8 Å². The number of likely N-dealkylation sites (N-methyl/N-ethyl adjacent to an activating group) is 1. The van der Waals surface area contributed by atoms with Gasteiger partial charge in [0.05, 0.1) is 12.0 Å². The van der Waals surface area contributed by atoms with Crippen LogP contribution in [-0.4, -0.2) is 61.8 Å². The van der Waals surface area contributed by atoms with Crippen molar-refractivity contribution in [3.63, 3.8) is 0 Å². The quantitative estimate of drug-likeness (QED) is 0.821. The Balaban J connectivity index is 1.71. The third kappa shape index (κ3) is 4.46. The summed E-state index contributed by atoms with van der Waals surface area (Å²) in [6.45, 7) is 2.96. The van der Waals surface area contributed by atoms with Gasteiger partial charge in [-0.05, 0) is 43.9 Å². The minimum atomic E-state index is -0.0899. The van der Waals surface area contributed by atoms with E-state index in [-0.39, 0.29) is 6.61 Å². The molecule has 3 rings (SSSR count). The molecule has 4 nitrogen and oxygen atoms in total. The Morgan fingerprint density at radius 3 is 2.62 bits per heavy atom. The van der Waals surface area contributed by atoms with Crippen molar-refractivity contribution < 1.29 is 9.84 Å². The van der Waals surface area contributed by atoms with Crippen molar-refractivity contribution >= 4 is 11.3 Å². The van der Waals surface area contributed by atoms with Gasteiger partial charge >= 0.3 is 0 Å². The molecule has 0 aliphatic carbocycles. The van der Waals surface area contributed by atoms with E-state index in [0.717, 1.165) is 30.3 Å². The number of hydrogen-bond donors (Lipinski definition) is 1. The van der Waals surface area contributed by atoms with E-state index in [1.807, 2.05) is 6.07 Å². The second-order valence-corrected chi connectivity index (χ2v) is 8.00. The van der Waals surface area contributed by atoms with Crippen LogP contribution in [-0.2, 0) is 6.54 Å². The molecule has 0 spiro atoms. The van der Waals surface area contributed by atoms with E-state index in [9.17, 15) is 0 Å². The minimum absolute atomic E-state index is 0.0899. The fourth-order valence-electron chi connectivity index (χ4n) is 3.57. The molecular weight excluding hydrogens is 344 g/mol. The lowest BCUT2D eigenvalue weighted by molar-refractivity contribution is 0.260. The maximum Gasteiger partial charge on any atom is 0.118 e. The van der Waals surface area contributed by atoms with Crippen molar-refractivity contribution in [1.29, 1.82) is 0 Å². The number of thiophene rings is 1. The van der Waals surface area contributed by atoms with Gasteiger partial charge in [0.15, 0.2) is 0 Å². The van der Waals surface area contributed by atoms with E-state index < -0.39 is 0 Å². The van der Waals surface area contributed by atoms with Crippen LogP contribution in [0.2, 0.25) is 0 Å². The molecule has 1 aliphatic rings. The van der Waals surface area contributed by atoms with Crippen molar-refractivity contribution in [2.24, 2.45) is 0 Å². The lowest BCUT2D eigenvalue weighted by Crippen LogP contribution is -2.34. The fraction of sp³-hybridized carbons (Fsp3) is 0.429. The number of methoxy groups -OCH3 is 1. The molecule has 1 aromatic carbocycles. The summed E-state index contributed by atoms with van der Waals surface area (Å²) in [5, 5.41) is 8.83. The molecule has 1 fully saturated rings. The van der Waals surface area contributed by atoms with E-state index in [1.54, 1.807) is 18.4 Å². The van der Waals surface area contributed by atoms with E-state index in [4.69, 9.17) is 9.84 Å². The lowest BCUT2D eigenvalue weighted by atomic mass is 9.93. The molecule has 2 aromatic rings. The highest BCUT2D eigenvalue weighted by molar-refractivity contribution is 7.12. The Labute approximate surface area is 160 Å². The van der Waals surface area contributed by atoms with Gasteiger partial charge < -0.3 is 14.7 Å². The second kappa shape index (κ2) is 8.70. The van der Waals surface area contributed by atoms with Crippen molar-refractivity contribution in [2.45, 2.75) is 18.5 Å². The number of aliphatic hydroxyl groups excluding tert-OH is 1. The van der Waals surface area contributed by atoms with Crippen LogP contribution >= 0.6 is 11.3 Å². The Morgan fingerprint density at radius 2 is 1.96 bits per heavy atom. The summed E-state index contributed by atoms with van der Waals surface area (Å²) in [6.07, 6.45) is 0. The number of nitrogens with zero attached hydrogens (tertiary/aromatic N) is 2. The first kappa shape index (κ1) is 18.9. The molecule has 0 amide bonds. The molecule has 2 heterocycles. The van der Waals surface area contributed by atoms with Crippen LogP contribution in [0.1, 0.15) is 21.2 Å². The third-order valence-electron chi connectivity index (χ3n) is 4.90. The van der Waals surface area contributed by atoms with Gasteiger partial charge in [-0.25, -0.2) is 0 Å². The number of aliphatic hydroxyl groups is 1. The molecular formula is C21H26N2O2S. The zero-order valence-corrected chi connectivity index (χ0v) is 16.4. The second-order valence-electron chi connectivity index (χ2n) is 6.83. The van der Waals surface area contributed by atoms with Crippen molar-refractivity contribution in [1.82, 2.24) is 9.80 Å². The Kier molecular flexibility index (Phi) is 6.33. The van der Waals surface area contributed by atoms with E-state index in [0.29, 0.717) is 12.0 Å². The smallest absolute Gasteiger partial charge is 0.118 e. The molecule has 1 aromatic heterocycles. The van der Waals surface area contributed by atoms with Gasteiger partial charge in [0.1, 0.15) is 12.4 Å². The SMILES string of the molecule is COc1ccc([C@@H]2CN(Cc3ccc(C#CCO)s3)C[C@H]2N(C)C)cc1. The highest BCUT2D eigenvalue weighted by atomic mass is 32.1. The summed E-state index contributed by atoms with van der Waals surface area (Å²) < 4.78 is 5.29. The monoisotopic (exact) mass is 370 g/mol. The third-order valence-corrected chi connectivity index (χ3v) is 5.89.